The van der Waals surface area contributed by atoms with E-state index in [2.05, 4.69) is 28.8 Å². The van der Waals surface area contributed by atoms with Crippen molar-refractivity contribution in [3.05, 3.63) is 22.1 Å². The van der Waals surface area contributed by atoms with Gasteiger partial charge in [0.15, 0.2) is 0 Å². The van der Waals surface area contributed by atoms with E-state index in [1.165, 1.54) is 15.9 Å². The number of aromatic nitrogens is 3. The van der Waals surface area contributed by atoms with Crippen molar-refractivity contribution in [1.29, 1.82) is 0 Å². The predicted molar refractivity (Wildman–Crippen MR) is 92.5 cm³/mol. The monoisotopic (exact) mass is 336 g/mol. The number of aryl methyl sites for hydroxylation is 1. The molecule has 1 aliphatic carbocycles. The van der Waals surface area contributed by atoms with Gasteiger partial charge in [-0.3, -0.25) is 4.79 Å². The smallest absolute Gasteiger partial charge is 0.275 e. The molecule has 0 amide bonds. The zero-order chi connectivity index (χ0) is 16.8. The molecule has 1 saturated carbocycles. The molecular weight excluding hydrogens is 312 g/mol. The second-order valence-corrected chi connectivity index (χ2v) is 7.58. The molecule has 0 bridgehead atoms. The van der Waals surface area contributed by atoms with Crippen LogP contribution in [0.1, 0.15) is 39.8 Å². The topological polar surface area (TPSA) is 59.7 Å². The zero-order valence-corrected chi connectivity index (χ0v) is 15.2. The first-order chi connectivity index (χ1) is 10.9. The maximum Gasteiger partial charge on any atom is 0.275 e. The van der Waals surface area contributed by atoms with Crippen molar-refractivity contribution in [2.24, 2.45) is 5.41 Å². The molecule has 0 N–H and O–H groups in total. The average Bonchev–Trinajstić information content (AvgIpc) is 2.95. The molecule has 3 rings (SSSR count). The SMILES string of the molecule is CCO[C@@H]1C[C@H](N(C)c2nn3c(=O)cc(CC)nc3s2)C1(C)C. The Balaban J connectivity index is 1.89. The summed E-state index contributed by atoms with van der Waals surface area (Å²) in [4.78, 5) is 19.5. The van der Waals surface area contributed by atoms with E-state index >= 15 is 0 Å². The fraction of sp³-hybridized carbons (Fsp3) is 0.688. The van der Waals surface area contributed by atoms with Gasteiger partial charge in [0, 0.05) is 36.9 Å². The number of fused-ring (bicyclic) bond motifs is 1. The molecule has 0 radical (unpaired) electrons. The summed E-state index contributed by atoms with van der Waals surface area (Å²) in [5, 5.41) is 5.30. The van der Waals surface area contributed by atoms with Gasteiger partial charge in [-0.15, -0.1) is 5.10 Å². The van der Waals surface area contributed by atoms with Gasteiger partial charge in [0.2, 0.25) is 10.1 Å². The van der Waals surface area contributed by atoms with Crippen LogP contribution < -0.4 is 10.5 Å². The molecule has 2 aromatic heterocycles. The van der Waals surface area contributed by atoms with Crippen molar-refractivity contribution in [2.45, 2.75) is 52.7 Å². The van der Waals surface area contributed by atoms with Crippen LogP contribution in [0, 0.1) is 5.41 Å². The zero-order valence-electron chi connectivity index (χ0n) is 14.4. The van der Waals surface area contributed by atoms with Crippen molar-refractivity contribution in [1.82, 2.24) is 14.6 Å². The highest BCUT2D eigenvalue weighted by molar-refractivity contribution is 7.20. The van der Waals surface area contributed by atoms with Crippen LogP contribution in [0.3, 0.4) is 0 Å². The van der Waals surface area contributed by atoms with Gasteiger partial charge in [-0.2, -0.15) is 4.52 Å². The van der Waals surface area contributed by atoms with Gasteiger partial charge >= 0.3 is 0 Å². The minimum Gasteiger partial charge on any atom is -0.378 e. The maximum absolute atomic E-state index is 12.1. The van der Waals surface area contributed by atoms with Crippen molar-refractivity contribution in [3.8, 4) is 0 Å². The predicted octanol–water partition coefficient (Wildman–Crippen LogP) is 2.35. The van der Waals surface area contributed by atoms with Gasteiger partial charge < -0.3 is 9.64 Å². The van der Waals surface area contributed by atoms with Gasteiger partial charge in [0.05, 0.1) is 6.10 Å². The summed E-state index contributed by atoms with van der Waals surface area (Å²) in [5.74, 6) is 0. The Morgan fingerprint density at radius 3 is 2.83 bits per heavy atom. The van der Waals surface area contributed by atoms with E-state index in [9.17, 15) is 4.79 Å². The van der Waals surface area contributed by atoms with Gasteiger partial charge in [-0.05, 0) is 19.8 Å². The minimum atomic E-state index is -0.109. The Kier molecular flexibility index (Phi) is 4.18. The highest BCUT2D eigenvalue weighted by Crippen LogP contribution is 2.46. The van der Waals surface area contributed by atoms with Crippen LogP contribution >= 0.6 is 11.3 Å². The van der Waals surface area contributed by atoms with E-state index in [4.69, 9.17) is 4.74 Å². The number of anilines is 1. The first-order valence-electron chi connectivity index (χ1n) is 8.12. The highest BCUT2D eigenvalue weighted by atomic mass is 32.1. The molecule has 0 unspecified atom stereocenters. The molecule has 2 aromatic rings. The molecular formula is C16H24N4O2S. The number of hydrogen-bond acceptors (Lipinski definition) is 6. The molecule has 23 heavy (non-hydrogen) atoms. The molecule has 6 nitrogen and oxygen atoms in total. The summed E-state index contributed by atoms with van der Waals surface area (Å²) >= 11 is 1.47. The summed E-state index contributed by atoms with van der Waals surface area (Å²) in [5.41, 5.74) is 0.770. The third kappa shape index (κ3) is 2.65. The summed E-state index contributed by atoms with van der Waals surface area (Å²) in [7, 11) is 2.04. The van der Waals surface area contributed by atoms with Gasteiger partial charge in [-0.1, -0.05) is 32.1 Å². The van der Waals surface area contributed by atoms with Crippen LogP contribution in [0.25, 0.3) is 4.96 Å². The fourth-order valence-electron chi connectivity index (χ4n) is 3.31. The van der Waals surface area contributed by atoms with Crippen molar-refractivity contribution in [3.63, 3.8) is 0 Å². The van der Waals surface area contributed by atoms with E-state index in [0.717, 1.165) is 30.3 Å². The lowest BCUT2D eigenvalue weighted by Crippen LogP contribution is -2.61. The largest absolute Gasteiger partial charge is 0.378 e. The van der Waals surface area contributed by atoms with Gasteiger partial charge in [-0.25, -0.2) is 4.98 Å². The Hall–Kier alpha value is -1.47. The Morgan fingerprint density at radius 2 is 2.22 bits per heavy atom. The third-order valence-electron chi connectivity index (χ3n) is 4.91. The van der Waals surface area contributed by atoms with Crippen molar-refractivity contribution < 1.29 is 4.74 Å². The van der Waals surface area contributed by atoms with Crippen molar-refractivity contribution in [2.75, 3.05) is 18.6 Å². The van der Waals surface area contributed by atoms with Crippen LogP contribution in [0.5, 0.6) is 0 Å². The molecule has 2 atom stereocenters. The normalized spacial score (nSPS) is 23.0. The molecule has 126 valence electrons. The lowest BCUT2D eigenvalue weighted by atomic mass is 9.64. The van der Waals surface area contributed by atoms with E-state index in [-0.39, 0.29) is 17.1 Å². The minimum absolute atomic E-state index is 0.0651. The second kappa shape index (κ2) is 5.87. The Labute approximate surface area is 140 Å². The molecule has 1 aliphatic rings. The van der Waals surface area contributed by atoms with Crippen LogP contribution in [0.15, 0.2) is 10.9 Å². The first kappa shape index (κ1) is 16.4. The van der Waals surface area contributed by atoms with E-state index in [0.29, 0.717) is 11.0 Å². The summed E-state index contributed by atoms with van der Waals surface area (Å²) in [6.45, 7) is 9.22. The maximum atomic E-state index is 12.1. The quantitative estimate of drug-likeness (QED) is 0.839. The lowest BCUT2D eigenvalue weighted by Gasteiger charge is -2.54. The molecule has 0 spiro atoms. The molecule has 1 fully saturated rings. The van der Waals surface area contributed by atoms with E-state index in [1.807, 2.05) is 20.9 Å². The Morgan fingerprint density at radius 1 is 1.48 bits per heavy atom. The average molecular weight is 336 g/mol. The van der Waals surface area contributed by atoms with E-state index < -0.39 is 0 Å². The standard InChI is InChI=1S/C16H24N4O2S/c1-6-10-8-13(21)20-14(17-10)23-15(18-20)19(5)11-9-12(22-7-2)16(11,3)4/h8,11-12H,6-7,9H2,1-5H3/t11-,12+/m0/s1. The lowest BCUT2D eigenvalue weighted by molar-refractivity contribution is -0.104. The van der Waals surface area contributed by atoms with Gasteiger partial charge in [0.25, 0.3) is 5.56 Å². The summed E-state index contributed by atoms with van der Waals surface area (Å²) in [6.07, 6.45) is 2.01. The molecule has 0 aromatic carbocycles. The van der Waals surface area contributed by atoms with E-state index in [1.54, 1.807) is 6.07 Å². The number of nitrogens with zero attached hydrogens (tertiary/aromatic N) is 4. The third-order valence-corrected chi connectivity index (χ3v) is 5.91. The summed E-state index contributed by atoms with van der Waals surface area (Å²) in [6, 6.07) is 1.91. The number of hydrogen-bond donors (Lipinski definition) is 0. The molecule has 0 saturated heterocycles. The number of rotatable bonds is 5. The number of ether oxygens (including phenoxy) is 1. The first-order valence-corrected chi connectivity index (χ1v) is 8.94. The van der Waals surface area contributed by atoms with Crippen LogP contribution in [-0.2, 0) is 11.2 Å². The summed E-state index contributed by atoms with van der Waals surface area (Å²) < 4.78 is 7.21. The molecule has 7 heteroatoms. The van der Waals surface area contributed by atoms with Crippen LogP contribution in [-0.4, -0.2) is 40.4 Å². The highest BCUT2D eigenvalue weighted by Gasteiger charge is 2.51. The van der Waals surface area contributed by atoms with Crippen LogP contribution in [0.2, 0.25) is 0 Å². The fourth-order valence-corrected chi connectivity index (χ4v) is 4.25. The Bertz CT molecular complexity index is 767. The molecule has 2 heterocycles. The van der Waals surface area contributed by atoms with Gasteiger partial charge in [0.1, 0.15) is 0 Å². The van der Waals surface area contributed by atoms with Crippen molar-refractivity contribution >= 4 is 21.4 Å². The molecule has 0 aliphatic heterocycles. The van der Waals surface area contributed by atoms with Crippen LogP contribution in [0.4, 0.5) is 5.13 Å². The second-order valence-electron chi connectivity index (χ2n) is 6.65.